The molecule has 2 rings (SSSR count). The lowest BCUT2D eigenvalue weighted by molar-refractivity contribution is 0.0646. The topological polar surface area (TPSA) is 93.1 Å². The fourth-order valence-electron chi connectivity index (χ4n) is 1.95. The Labute approximate surface area is 126 Å². The second kappa shape index (κ2) is 6.62. The highest BCUT2D eigenvalue weighted by Gasteiger charge is 2.23. The van der Waals surface area contributed by atoms with Crippen LogP contribution < -0.4 is 9.47 Å². The van der Waals surface area contributed by atoms with Crippen molar-refractivity contribution < 1.29 is 29.3 Å². The second-order valence-corrected chi connectivity index (χ2v) is 4.43. The minimum atomic E-state index is -1.37. The van der Waals surface area contributed by atoms with E-state index in [1.54, 1.807) is 0 Å². The fraction of sp³-hybridized carbons (Fsp3) is 0.125. The molecule has 0 atom stereocenters. The first-order valence-corrected chi connectivity index (χ1v) is 6.38. The summed E-state index contributed by atoms with van der Waals surface area (Å²) in [7, 11) is 1.36. The van der Waals surface area contributed by atoms with Crippen LogP contribution in [0.1, 0.15) is 26.3 Å². The summed E-state index contributed by atoms with van der Waals surface area (Å²) in [4.78, 5) is 22.6. The van der Waals surface area contributed by atoms with Crippen molar-refractivity contribution in [2.24, 2.45) is 0 Å². The van der Waals surface area contributed by atoms with Gasteiger partial charge in [-0.15, -0.1) is 0 Å². The van der Waals surface area contributed by atoms with Gasteiger partial charge in [-0.3, -0.25) is 0 Å². The van der Waals surface area contributed by atoms with Gasteiger partial charge in [0.15, 0.2) is 0 Å². The molecular formula is C16H14O6. The summed E-state index contributed by atoms with van der Waals surface area (Å²) in [6, 6.07) is 11.6. The molecule has 0 unspecified atom stereocenters. The van der Waals surface area contributed by atoms with Crippen LogP contribution in [0.5, 0.6) is 11.5 Å². The minimum Gasteiger partial charge on any atom is -0.497 e. The van der Waals surface area contributed by atoms with E-state index in [0.717, 1.165) is 11.6 Å². The molecule has 0 aliphatic heterocycles. The molecule has 0 bridgehead atoms. The molecule has 2 N–H and O–H groups in total. The van der Waals surface area contributed by atoms with Gasteiger partial charge >= 0.3 is 11.9 Å². The van der Waals surface area contributed by atoms with E-state index < -0.39 is 17.5 Å². The lowest BCUT2D eigenvalue weighted by atomic mass is 10.1. The number of rotatable bonds is 6. The largest absolute Gasteiger partial charge is 0.497 e. The highest BCUT2D eigenvalue weighted by Crippen LogP contribution is 2.30. The molecule has 6 nitrogen and oxygen atoms in total. The van der Waals surface area contributed by atoms with Crippen LogP contribution in [0, 0.1) is 0 Å². The van der Waals surface area contributed by atoms with Crippen molar-refractivity contribution >= 4 is 11.9 Å². The maximum atomic E-state index is 11.4. The van der Waals surface area contributed by atoms with Crippen molar-refractivity contribution in [1.82, 2.24) is 0 Å². The third-order valence-electron chi connectivity index (χ3n) is 2.99. The second-order valence-electron chi connectivity index (χ2n) is 4.43. The molecule has 2 aromatic rings. The molecule has 6 heteroatoms. The number of ether oxygens (including phenoxy) is 2. The van der Waals surface area contributed by atoms with Crippen LogP contribution >= 0.6 is 0 Å². The Hall–Kier alpha value is -3.02. The van der Waals surface area contributed by atoms with Crippen LogP contribution in [0.15, 0.2) is 42.5 Å². The molecule has 0 fully saturated rings. The van der Waals surface area contributed by atoms with E-state index in [1.165, 1.54) is 13.2 Å². The summed E-state index contributed by atoms with van der Waals surface area (Å²) in [6.07, 6.45) is 0. The van der Waals surface area contributed by atoms with Crippen molar-refractivity contribution in [3.8, 4) is 11.5 Å². The van der Waals surface area contributed by atoms with Gasteiger partial charge in [-0.25, -0.2) is 9.59 Å². The Morgan fingerprint density at radius 1 is 1.05 bits per heavy atom. The molecule has 0 radical (unpaired) electrons. The average molecular weight is 302 g/mol. The predicted octanol–water partition coefficient (Wildman–Crippen LogP) is 2.67. The first-order chi connectivity index (χ1) is 10.5. The average Bonchev–Trinajstić information content (AvgIpc) is 2.52. The van der Waals surface area contributed by atoms with Crippen molar-refractivity contribution in [2.45, 2.75) is 6.61 Å². The minimum absolute atomic E-state index is 0.0481. The van der Waals surface area contributed by atoms with E-state index in [2.05, 4.69) is 0 Å². The number of hydrogen-bond acceptors (Lipinski definition) is 4. The maximum absolute atomic E-state index is 11.4. The van der Waals surface area contributed by atoms with E-state index in [-0.39, 0.29) is 23.7 Å². The normalized spacial score (nSPS) is 10.0. The molecule has 114 valence electrons. The number of hydrogen-bond donors (Lipinski definition) is 2. The van der Waals surface area contributed by atoms with Crippen LogP contribution in [-0.4, -0.2) is 29.3 Å². The van der Waals surface area contributed by atoms with Crippen LogP contribution in [0.2, 0.25) is 0 Å². The van der Waals surface area contributed by atoms with Crippen molar-refractivity contribution in [3.63, 3.8) is 0 Å². The van der Waals surface area contributed by atoms with Gasteiger partial charge in [0.2, 0.25) is 0 Å². The molecular weight excluding hydrogens is 288 g/mol. The van der Waals surface area contributed by atoms with Gasteiger partial charge in [0.25, 0.3) is 0 Å². The zero-order valence-electron chi connectivity index (χ0n) is 11.8. The molecule has 2 aromatic carbocycles. The van der Waals surface area contributed by atoms with Gasteiger partial charge in [-0.05, 0) is 11.6 Å². The summed E-state index contributed by atoms with van der Waals surface area (Å²) in [6.45, 7) is 0.118. The smallest absolute Gasteiger partial charge is 0.340 e. The van der Waals surface area contributed by atoms with Gasteiger partial charge in [0, 0.05) is 6.07 Å². The van der Waals surface area contributed by atoms with Gasteiger partial charge in [0.1, 0.15) is 23.7 Å². The summed E-state index contributed by atoms with van der Waals surface area (Å²) >= 11 is 0. The molecule has 0 spiro atoms. The molecule has 0 saturated heterocycles. The van der Waals surface area contributed by atoms with Crippen LogP contribution in [-0.2, 0) is 6.61 Å². The van der Waals surface area contributed by atoms with Crippen LogP contribution in [0.4, 0.5) is 0 Å². The number of carbonyl (C=O) groups is 2. The van der Waals surface area contributed by atoms with E-state index in [0.29, 0.717) is 0 Å². The Bertz CT molecular complexity index is 693. The third-order valence-corrected chi connectivity index (χ3v) is 2.99. The molecule has 0 aliphatic rings. The highest BCUT2D eigenvalue weighted by atomic mass is 16.5. The molecule has 0 aliphatic carbocycles. The lowest BCUT2D eigenvalue weighted by Gasteiger charge is -2.13. The Morgan fingerprint density at radius 3 is 2.27 bits per heavy atom. The molecule has 0 heterocycles. The monoisotopic (exact) mass is 302 g/mol. The van der Waals surface area contributed by atoms with Crippen LogP contribution in [0.3, 0.4) is 0 Å². The first-order valence-electron chi connectivity index (χ1n) is 6.38. The molecule has 0 amide bonds. The van der Waals surface area contributed by atoms with Gasteiger partial charge in [0.05, 0.1) is 12.7 Å². The van der Waals surface area contributed by atoms with E-state index in [4.69, 9.17) is 14.6 Å². The van der Waals surface area contributed by atoms with E-state index >= 15 is 0 Å². The quantitative estimate of drug-likeness (QED) is 0.852. The third kappa shape index (κ3) is 3.35. The Kier molecular flexibility index (Phi) is 4.63. The van der Waals surface area contributed by atoms with Gasteiger partial charge in [-0.1, -0.05) is 30.3 Å². The first kappa shape index (κ1) is 15.4. The zero-order valence-corrected chi connectivity index (χ0v) is 11.8. The van der Waals surface area contributed by atoms with Gasteiger partial charge < -0.3 is 19.7 Å². The maximum Gasteiger partial charge on any atom is 0.340 e. The Morgan fingerprint density at radius 2 is 1.73 bits per heavy atom. The standard InChI is InChI=1S/C16H14O6/c1-21-11-7-12(15(17)18)14(16(19)20)13(8-11)22-9-10-5-3-2-4-6-10/h2-8H,9H2,1H3,(H,17,18)(H,19,20). The SMILES string of the molecule is COc1cc(OCc2ccccc2)c(C(=O)O)c(C(=O)O)c1. The highest BCUT2D eigenvalue weighted by molar-refractivity contribution is 6.04. The fourth-order valence-corrected chi connectivity index (χ4v) is 1.95. The zero-order chi connectivity index (χ0) is 16.1. The number of benzene rings is 2. The Balaban J connectivity index is 2.41. The van der Waals surface area contributed by atoms with E-state index in [9.17, 15) is 14.7 Å². The van der Waals surface area contributed by atoms with E-state index in [1.807, 2.05) is 30.3 Å². The van der Waals surface area contributed by atoms with Gasteiger partial charge in [-0.2, -0.15) is 0 Å². The molecule has 0 saturated carbocycles. The van der Waals surface area contributed by atoms with Crippen molar-refractivity contribution in [2.75, 3.05) is 7.11 Å². The number of aromatic carboxylic acids is 2. The van der Waals surface area contributed by atoms with Crippen molar-refractivity contribution in [3.05, 3.63) is 59.2 Å². The lowest BCUT2D eigenvalue weighted by Crippen LogP contribution is -2.11. The molecule has 0 aromatic heterocycles. The van der Waals surface area contributed by atoms with Crippen molar-refractivity contribution in [1.29, 1.82) is 0 Å². The number of methoxy groups -OCH3 is 1. The number of carboxylic acid groups (broad SMARTS) is 2. The number of carboxylic acids is 2. The summed E-state index contributed by atoms with van der Waals surface area (Å²) in [5.41, 5.74) is 0.0534. The van der Waals surface area contributed by atoms with Crippen LogP contribution in [0.25, 0.3) is 0 Å². The molecule has 22 heavy (non-hydrogen) atoms. The predicted molar refractivity (Wildman–Crippen MR) is 77.7 cm³/mol. The summed E-state index contributed by atoms with van der Waals surface area (Å²) in [5, 5.41) is 18.4. The summed E-state index contributed by atoms with van der Waals surface area (Å²) < 4.78 is 10.5. The summed E-state index contributed by atoms with van der Waals surface area (Å²) in [5.74, 6) is -2.57.